The molecule has 7 N–H and O–H groups in total. The normalized spacial score (nSPS) is 11.2. The van der Waals surface area contributed by atoms with Crippen molar-refractivity contribution in [2.45, 2.75) is 39.8 Å². The highest BCUT2D eigenvalue weighted by molar-refractivity contribution is 6.03. The number of rotatable bonds is 11. The molecule has 3 rings (SSSR count). The number of carbonyl (C=O) groups excluding carboxylic acids is 3. The number of nitrogens with zero attached hydrogens (tertiary/aromatic N) is 1. The first-order chi connectivity index (χ1) is 19.1. The van der Waals surface area contributed by atoms with E-state index >= 15 is 0 Å². The Bertz CT molecular complexity index is 1380. The summed E-state index contributed by atoms with van der Waals surface area (Å²) in [6.07, 6.45) is 2.64. The van der Waals surface area contributed by atoms with Gasteiger partial charge in [0.15, 0.2) is 11.5 Å². The lowest BCUT2D eigenvalue weighted by molar-refractivity contribution is -0.122. The Morgan fingerprint density at radius 1 is 1.02 bits per heavy atom. The highest BCUT2D eigenvalue weighted by atomic mass is 16.5. The molecular weight excluding hydrogens is 514 g/mol. The van der Waals surface area contributed by atoms with Crippen LogP contribution in [0.1, 0.15) is 55.2 Å². The van der Waals surface area contributed by atoms with Gasteiger partial charge in [0.1, 0.15) is 11.9 Å². The number of nitrogen functional groups attached to an aromatic ring is 1. The number of amides is 3. The van der Waals surface area contributed by atoms with Gasteiger partial charge < -0.3 is 25.8 Å². The zero-order chi connectivity index (χ0) is 29.2. The molecule has 3 aromatic rings. The maximum Gasteiger partial charge on any atom is 0.271 e. The highest BCUT2D eigenvalue weighted by Gasteiger charge is 2.24. The Morgan fingerprint density at radius 2 is 1.75 bits per heavy atom. The summed E-state index contributed by atoms with van der Waals surface area (Å²) in [5.41, 5.74) is 12.3. The van der Waals surface area contributed by atoms with Crippen LogP contribution in [0.15, 0.2) is 60.9 Å². The largest absolute Gasteiger partial charge is 0.490 e. The van der Waals surface area contributed by atoms with Crippen LogP contribution in [0.5, 0.6) is 11.5 Å². The number of amidine groups is 1. The maximum absolute atomic E-state index is 13.5. The van der Waals surface area contributed by atoms with E-state index in [0.29, 0.717) is 34.9 Å². The minimum atomic E-state index is -0.983. The summed E-state index contributed by atoms with van der Waals surface area (Å²) in [7, 11) is 0. The van der Waals surface area contributed by atoms with Crippen LogP contribution in [0.3, 0.4) is 0 Å². The second kappa shape index (κ2) is 13.6. The number of anilines is 2. The molecule has 0 saturated carbocycles. The molecule has 0 aliphatic heterocycles. The zero-order valence-corrected chi connectivity index (χ0v) is 22.7. The molecule has 0 bridgehead atoms. The number of nitrogens with two attached hydrogens (primary N) is 1. The van der Waals surface area contributed by atoms with Gasteiger partial charge in [-0.1, -0.05) is 6.07 Å². The predicted molar refractivity (Wildman–Crippen MR) is 151 cm³/mol. The van der Waals surface area contributed by atoms with Crippen molar-refractivity contribution in [2.24, 2.45) is 5.73 Å². The van der Waals surface area contributed by atoms with E-state index in [1.807, 2.05) is 20.8 Å². The molecule has 1 heterocycles. The lowest BCUT2D eigenvalue weighted by Gasteiger charge is -2.22. The van der Waals surface area contributed by atoms with E-state index in [1.54, 1.807) is 42.5 Å². The third-order valence-electron chi connectivity index (χ3n) is 5.41. The van der Waals surface area contributed by atoms with Crippen LogP contribution >= 0.6 is 0 Å². The Kier molecular flexibility index (Phi) is 10.0. The maximum atomic E-state index is 13.5. The number of carbonyl (C=O) groups is 3. The summed E-state index contributed by atoms with van der Waals surface area (Å²) >= 11 is 0. The Labute approximate surface area is 232 Å². The van der Waals surface area contributed by atoms with Crippen LogP contribution < -0.4 is 36.7 Å². The number of hydrogen-bond donors (Lipinski definition) is 6. The van der Waals surface area contributed by atoms with Gasteiger partial charge in [-0.3, -0.25) is 35.6 Å². The van der Waals surface area contributed by atoms with Gasteiger partial charge in [-0.15, -0.1) is 0 Å². The van der Waals surface area contributed by atoms with Crippen LogP contribution in [0.4, 0.5) is 11.4 Å². The van der Waals surface area contributed by atoms with Gasteiger partial charge in [0, 0.05) is 24.4 Å². The van der Waals surface area contributed by atoms with E-state index in [1.165, 1.54) is 25.4 Å². The number of ether oxygens (including phenoxy) is 2. The van der Waals surface area contributed by atoms with Gasteiger partial charge in [0.2, 0.25) is 5.91 Å². The van der Waals surface area contributed by atoms with E-state index in [-0.39, 0.29) is 29.1 Å². The predicted octanol–water partition coefficient (Wildman–Crippen LogP) is 3.12. The van der Waals surface area contributed by atoms with Gasteiger partial charge in [0.05, 0.1) is 30.2 Å². The van der Waals surface area contributed by atoms with Crippen molar-refractivity contribution in [2.75, 3.05) is 17.2 Å². The van der Waals surface area contributed by atoms with Crippen molar-refractivity contribution < 1.29 is 23.9 Å². The first-order valence-corrected chi connectivity index (χ1v) is 12.5. The molecule has 1 atom stereocenters. The molecule has 0 spiro atoms. The fourth-order valence-electron chi connectivity index (χ4n) is 3.68. The van der Waals surface area contributed by atoms with Gasteiger partial charge in [0.25, 0.3) is 11.8 Å². The van der Waals surface area contributed by atoms with Crippen LogP contribution in [0, 0.1) is 5.41 Å². The van der Waals surface area contributed by atoms with Crippen molar-refractivity contribution in [1.82, 2.24) is 15.8 Å². The molecule has 0 aliphatic carbocycles. The van der Waals surface area contributed by atoms with E-state index in [4.69, 9.17) is 20.6 Å². The van der Waals surface area contributed by atoms with Gasteiger partial charge in [-0.05, 0) is 68.8 Å². The zero-order valence-electron chi connectivity index (χ0n) is 22.7. The summed E-state index contributed by atoms with van der Waals surface area (Å²) in [5.74, 6) is -0.705. The number of nitrogens with one attached hydrogen (secondary N) is 5. The van der Waals surface area contributed by atoms with Gasteiger partial charge >= 0.3 is 0 Å². The Balaban J connectivity index is 1.89. The molecule has 0 fully saturated rings. The molecular formula is C28H33N7O5. The average molecular weight is 548 g/mol. The van der Waals surface area contributed by atoms with Crippen molar-refractivity contribution in [3.63, 3.8) is 0 Å². The lowest BCUT2D eigenvalue weighted by Crippen LogP contribution is -2.45. The molecule has 0 radical (unpaired) electrons. The van der Waals surface area contributed by atoms with Crippen LogP contribution in [-0.2, 0) is 9.59 Å². The molecule has 210 valence electrons. The summed E-state index contributed by atoms with van der Waals surface area (Å²) in [4.78, 5) is 41.7. The fraction of sp³-hybridized carbons (Fsp3) is 0.250. The Hall–Kier alpha value is -5.13. The first-order valence-electron chi connectivity index (χ1n) is 12.5. The topological polar surface area (TPSA) is 181 Å². The molecule has 1 unspecified atom stereocenters. The number of hydrazine groups is 1. The monoisotopic (exact) mass is 547 g/mol. The van der Waals surface area contributed by atoms with Crippen LogP contribution in [0.25, 0.3) is 0 Å². The van der Waals surface area contributed by atoms with Crippen molar-refractivity contribution in [3.8, 4) is 11.5 Å². The van der Waals surface area contributed by atoms with Crippen molar-refractivity contribution >= 4 is 34.9 Å². The number of pyridine rings is 1. The third-order valence-corrected chi connectivity index (χ3v) is 5.41. The second-order valence-corrected chi connectivity index (χ2v) is 8.92. The highest BCUT2D eigenvalue weighted by Crippen LogP contribution is 2.33. The molecule has 0 aliphatic rings. The summed E-state index contributed by atoms with van der Waals surface area (Å²) < 4.78 is 11.6. The summed E-state index contributed by atoms with van der Waals surface area (Å²) in [6, 6.07) is 12.3. The average Bonchev–Trinajstić information content (AvgIpc) is 2.91. The number of hydrogen-bond acceptors (Lipinski definition) is 8. The van der Waals surface area contributed by atoms with Crippen molar-refractivity contribution in [3.05, 3.63) is 77.6 Å². The van der Waals surface area contributed by atoms with E-state index < -0.39 is 17.9 Å². The van der Waals surface area contributed by atoms with E-state index in [9.17, 15) is 14.4 Å². The van der Waals surface area contributed by atoms with E-state index in [0.717, 1.165) is 0 Å². The third kappa shape index (κ3) is 7.93. The molecule has 40 heavy (non-hydrogen) atoms. The van der Waals surface area contributed by atoms with Gasteiger partial charge in [-0.25, -0.2) is 0 Å². The van der Waals surface area contributed by atoms with Crippen LogP contribution in [0.2, 0.25) is 0 Å². The molecule has 2 aromatic carbocycles. The molecule has 1 aromatic heterocycles. The fourth-order valence-corrected chi connectivity index (χ4v) is 3.68. The minimum Gasteiger partial charge on any atom is -0.490 e. The van der Waals surface area contributed by atoms with Crippen LogP contribution in [-0.4, -0.2) is 41.3 Å². The summed E-state index contributed by atoms with van der Waals surface area (Å²) in [6.45, 7) is 7.33. The number of aromatic nitrogens is 1. The first kappa shape index (κ1) is 29.4. The molecule has 12 heteroatoms. The smallest absolute Gasteiger partial charge is 0.271 e. The molecule has 3 amide bonds. The quantitative estimate of drug-likeness (QED) is 0.120. The van der Waals surface area contributed by atoms with Crippen molar-refractivity contribution in [1.29, 1.82) is 5.41 Å². The molecule has 0 saturated heterocycles. The van der Waals surface area contributed by atoms with Gasteiger partial charge in [-0.2, -0.15) is 0 Å². The Morgan fingerprint density at radius 3 is 2.38 bits per heavy atom. The lowest BCUT2D eigenvalue weighted by atomic mass is 10.0. The summed E-state index contributed by atoms with van der Waals surface area (Å²) in [5, 5.41) is 13.3. The minimum absolute atomic E-state index is 0.0830. The number of benzene rings is 2. The second-order valence-electron chi connectivity index (χ2n) is 8.92. The molecule has 12 nitrogen and oxygen atoms in total. The van der Waals surface area contributed by atoms with E-state index in [2.05, 4.69) is 26.5 Å². The standard InChI is InChI=1S/C28H33N7O5/c1-5-39-24-14-19(8-11-23(24)40-16(2)3)25(33-20-9-6-18(7-10-20)26(29)30)28(38)35-34-27(37)21-12-13-31-15-22(21)32-17(4)36/h6-16,25,33H,5H2,1-4H3,(H3,29,30)(H,32,36)(H,34,37)(H,35,38). The SMILES string of the molecule is CCOc1cc(C(Nc2ccc(C(=N)N)cc2)C(=O)NNC(=O)c2ccncc2NC(C)=O)ccc1OC(C)C.